The molecule has 25 heavy (non-hydrogen) atoms. The van der Waals surface area contributed by atoms with Gasteiger partial charge in [0.05, 0.1) is 5.56 Å². The van der Waals surface area contributed by atoms with Crippen LogP contribution < -0.4 is 10.1 Å². The highest BCUT2D eigenvalue weighted by Crippen LogP contribution is 2.30. The Bertz CT molecular complexity index is 737. The maximum Gasteiger partial charge on any atom is 0.416 e. The molecule has 0 saturated heterocycles. The van der Waals surface area contributed by atoms with Crippen molar-refractivity contribution < 1.29 is 22.7 Å². The molecule has 0 aliphatic heterocycles. The largest absolute Gasteiger partial charge is 0.483 e. The SMILES string of the molecule is Cc1ccc(C(C)C)cc1OCC(=O)Nc1ccc(C(F)(F)F)cc1. The van der Waals surface area contributed by atoms with E-state index in [1.165, 1.54) is 12.1 Å². The zero-order valence-electron chi connectivity index (χ0n) is 14.3. The van der Waals surface area contributed by atoms with Crippen molar-refractivity contribution in [3.63, 3.8) is 0 Å². The first-order chi connectivity index (χ1) is 11.7. The van der Waals surface area contributed by atoms with Crippen molar-refractivity contribution in [2.24, 2.45) is 0 Å². The van der Waals surface area contributed by atoms with Crippen LogP contribution in [0.3, 0.4) is 0 Å². The van der Waals surface area contributed by atoms with Crippen LogP contribution in [0.2, 0.25) is 0 Å². The number of halogens is 3. The fraction of sp³-hybridized carbons (Fsp3) is 0.316. The summed E-state index contributed by atoms with van der Waals surface area (Å²) in [5, 5.41) is 2.52. The van der Waals surface area contributed by atoms with Crippen molar-refractivity contribution in [1.82, 2.24) is 0 Å². The minimum Gasteiger partial charge on any atom is -0.483 e. The molecule has 0 heterocycles. The molecule has 0 aliphatic carbocycles. The molecule has 134 valence electrons. The van der Waals surface area contributed by atoms with Crippen molar-refractivity contribution in [2.45, 2.75) is 32.9 Å². The first-order valence-electron chi connectivity index (χ1n) is 7.87. The Kier molecular flexibility index (Phi) is 5.72. The molecule has 0 bridgehead atoms. The number of carbonyl (C=O) groups is 1. The maximum absolute atomic E-state index is 12.5. The summed E-state index contributed by atoms with van der Waals surface area (Å²) in [6, 6.07) is 10.1. The molecule has 0 atom stereocenters. The number of rotatable bonds is 5. The number of alkyl halides is 3. The summed E-state index contributed by atoms with van der Waals surface area (Å²) in [7, 11) is 0. The van der Waals surface area contributed by atoms with Crippen molar-refractivity contribution >= 4 is 11.6 Å². The summed E-state index contributed by atoms with van der Waals surface area (Å²) in [5.74, 6) is 0.520. The van der Waals surface area contributed by atoms with Gasteiger partial charge in [-0.15, -0.1) is 0 Å². The first kappa shape index (κ1) is 18.8. The second-order valence-electron chi connectivity index (χ2n) is 6.09. The van der Waals surface area contributed by atoms with E-state index in [0.717, 1.165) is 23.3 Å². The van der Waals surface area contributed by atoms with E-state index in [1.807, 2.05) is 25.1 Å². The molecule has 0 radical (unpaired) electrons. The van der Waals surface area contributed by atoms with Gasteiger partial charge in [-0.05, 0) is 54.3 Å². The maximum atomic E-state index is 12.5. The lowest BCUT2D eigenvalue weighted by molar-refractivity contribution is -0.137. The third kappa shape index (κ3) is 5.24. The van der Waals surface area contributed by atoms with E-state index in [4.69, 9.17) is 4.74 Å². The van der Waals surface area contributed by atoms with Gasteiger partial charge in [-0.25, -0.2) is 0 Å². The van der Waals surface area contributed by atoms with E-state index in [0.29, 0.717) is 11.7 Å². The number of amides is 1. The van der Waals surface area contributed by atoms with Gasteiger partial charge in [0.15, 0.2) is 6.61 Å². The van der Waals surface area contributed by atoms with E-state index in [9.17, 15) is 18.0 Å². The van der Waals surface area contributed by atoms with Crippen LogP contribution in [0.1, 0.15) is 36.5 Å². The van der Waals surface area contributed by atoms with Gasteiger partial charge >= 0.3 is 6.18 Å². The van der Waals surface area contributed by atoms with Crippen molar-refractivity contribution in [3.8, 4) is 5.75 Å². The fourth-order valence-electron chi connectivity index (χ4n) is 2.21. The Morgan fingerprint density at radius 1 is 1.12 bits per heavy atom. The number of hydrogen-bond acceptors (Lipinski definition) is 2. The van der Waals surface area contributed by atoms with Gasteiger partial charge in [-0.1, -0.05) is 26.0 Å². The van der Waals surface area contributed by atoms with Crippen LogP contribution in [0.4, 0.5) is 18.9 Å². The van der Waals surface area contributed by atoms with Crippen LogP contribution in [-0.4, -0.2) is 12.5 Å². The Morgan fingerprint density at radius 2 is 1.76 bits per heavy atom. The van der Waals surface area contributed by atoms with Crippen molar-refractivity contribution in [3.05, 3.63) is 59.2 Å². The first-order valence-corrected chi connectivity index (χ1v) is 7.87. The Labute approximate surface area is 144 Å². The molecule has 2 rings (SSSR count). The predicted octanol–water partition coefficient (Wildman–Crippen LogP) is 5.15. The number of nitrogens with one attached hydrogen (secondary N) is 1. The molecule has 1 N–H and O–H groups in total. The lowest BCUT2D eigenvalue weighted by Gasteiger charge is -2.13. The average molecular weight is 351 g/mol. The molecule has 0 spiro atoms. The zero-order valence-corrected chi connectivity index (χ0v) is 14.3. The number of aryl methyl sites for hydroxylation is 1. The predicted molar refractivity (Wildman–Crippen MR) is 90.8 cm³/mol. The topological polar surface area (TPSA) is 38.3 Å². The lowest BCUT2D eigenvalue weighted by atomic mass is 10.0. The molecule has 0 aromatic heterocycles. The highest BCUT2D eigenvalue weighted by atomic mass is 19.4. The number of benzene rings is 2. The van der Waals surface area contributed by atoms with Crippen LogP contribution >= 0.6 is 0 Å². The molecule has 3 nitrogen and oxygen atoms in total. The summed E-state index contributed by atoms with van der Waals surface area (Å²) in [5.41, 5.74) is 1.53. The number of hydrogen-bond donors (Lipinski definition) is 1. The highest BCUT2D eigenvalue weighted by molar-refractivity contribution is 5.91. The van der Waals surface area contributed by atoms with Crippen LogP contribution in [0, 0.1) is 6.92 Å². The van der Waals surface area contributed by atoms with Crippen LogP contribution in [0.25, 0.3) is 0 Å². The van der Waals surface area contributed by atoms with Crippen molar-refractivity contribution in [1.29, 1.82) is 0 Å². The number of ether oxygens (including phenoxy) is 1. The minimum atomic E-state index is -4.40. The van der Waals surface area contributed by atoms with Crippen LogP contribution in [-0.2, 0) is 11.0 Å². The smallest absolute Gasteiger partial charge is 0.416 e. The van der Waals surface area contributed by atoms with E-state index >= 15 is 0 Å². The Balaban J connectivity index is 1.96. The molecule has 2 aromatic carbocycles. The fourth-order valence-corrected chi connectivity index (χ4v) is 2.21. The molecule has 0 unspecified atom stereocenters. The van der Waals surface area contributed by atoms with Crippen LogP contribution in [0.5, 0.6) is 5.75 Å². The second kappa shape index (κ2) is 7.59. The van der Waals surface area contributed by atoms with Crippen LogP contribution in [0.15, 0.2) is 42.5 Å². The summed E-state index contributed by atoms with van der Waals surface area (Å²) >= 11 is 0. The Hall–Kier alpha value is -2.50. The molecular weight excluding hydrogens is 331 g/mol. The summed E-state index contributed by atoms with van der Waals surface area (Å²) in [6.45, 7) is 5.79. The summed E-state index contributed by atoms with van der Waals surface area (Å²) < 4.78 is 43.1. The number of anilines is 1. The van der Waals surface area contributed by atoms with E-state index in [2.05, 4.69) is 19.2 Å². The second-order valence-corrected chi connectivity index (χ2v) is 6.09. The quantitative estimate of drug-likeness (QED) is 0.808. The van der Waals surface area contributed by atoms with E-state index in [-0.39, 0.29) is 12.3 Å². The number of carbonyl (C=O) groups excluding carboxylic acids is 1. The van der Waals surface area contributed by atoms with Gasteiger partial charge < -0.3 is 10.1 Å². The highest BCUT2D eigenvalue weighted by Gasteiger charge is 2.29. The average Bonchev–Trinajstić information content (AvgIpc) is 2.53. The minimum absolute atomic E-state index is 0.219. The zero-order chi connectivity index (χ0) is 18.6. The third-order valence-corrected chi connectivity index (χ3v) is 3.73. The van der Waals surface area contributed by atoms with Gasteiger partial charge in [0.1, 0.15) is 5.75 Å². The molecule has 0 saturated carbocycles. The Morgan fingerprint density at radius 3 is 2.32 bits per heavy atom. The molecular formula is C19H20F3NO2. The molecule has 0 fully saturated rings. The summed E-state index contributed by atoms with van der Waals surface area (Å²) in [6.07, 6.45) is -4.40. The molecule has 1 amide bonds. The van der Waals surface area contributed by atoms with Gasteiger partial charge in [0, 0.05) is 5.69 Å². The lowest BCUT2D eigenvalue weighted by Crippen LogP contribution is -2.20. The van der Waals surface area contributed by atoms with E-state index in [1.54, 1.807) is 0 Å². The van der Waals surface area contributed by atoms with E-state index < -0.39 is 17.6 Å². The standard InChI is InChI=1S/C19H20F3NO2/c1-12(2)14-5-4-13(3)17(10-14)25-11-18(24)23-16-8-6-15(7-9-16)19(20,21)22/h4-10,12H,11H2,1-3H3,(H,23,24). The monoisotopic (exact) mass is 351 g/mol. The van der Waals surface area contributed by atoms with Gasteiger partial charge in [0.25, 0.3) is 5.91 Å². The molecule has 6 heteroatoms. The normalized spacial score (nSPS) is 11.5. The third-order valence-electron chi connectivity index (χ3n) is 3.73. The molecule has 0 aliphatic rings. The van der Waals surface area contributed by atoms with Gasteiger partial charge in [-0.2, -0.15) is 13.2 Å². The molecule has 2 aromatic rings. The van der Waals surface area contributed by atoms with Crippen molar-refractivity contribution in [2.75, 3.05) is 11.9 Å². The van der Waals surface area contributed by atoms with Gasteiger partial charge in [-0.3, -0.25) is 4.79 Å². The van der Waals surface area contributed by atoms with Gasteiger partial charge in [0.2, 0.25) is 0 Å². The summed E-state index contributed by atoms with van der Waals surface area (Å²) in [4.78, 5) is 11.9.